The van der Waals surface area contributed by atoms with Crippen LogP contribution in [0.5, 0.6) is 0 Å². The lowest BCUT2D eigenvalue weighted by Gasteiger charge is -2.42. The zero-order valence-electron chi connectivity index (χ0n) is 17.7. The molecule has 3 aromatic rings. The van der Waals surface area contributed by atoms with E-state index in [-0.39, 0.29) is 5.92 Å². The van der Waals surface area contributed by atoms with Crippen LogP contribution in [0.1, 0.15) is 48.8 Å². The summed E-state index contributed by atoms with van der Waals surface area (Å²) in [5.41, 5.74) is 2.48. The van der Waals surface area contributed by atoms with Crippen molar-refractivity contribution in [2.75, 3.05) is 6.54 Å². The second kappa shape index (κ2) is 10.1. The summed E-state index contributed by atoms with van der Waals surface area (Å²) in [6.07, 6.45) is 6.67. The Bertz CT molecular complexity index is 839. The first kappa shape index (κ1) is 20.8. The van der Waals surface area contributed by atoms with Crippen LogP contribution in [0.3, 0.4) is 0 Å². The summed E-state index contributed by atoms with van der Waals surface area (Å²) in [6, 6.07) is 31.6. The first-order chi connectivity index (χ1) is 14.8. The van der Waals surface area contributed by atoms with Gasteiger partial charge in [-0.1, -0.05) is 97.4 Å². The third-order valence-electron chi connectivity index (χ3n) is 6.61. The van der Waals surface area contributed by atoms with Crippen molar-refractivity contribution in [3.8, 4) is 0 Å². The van der Waals surface area contributed by atoms with E-state index in [9.17, 15) is 5.11 Å². The molecule has 2 atom stereocenters. The summed E-state index contributed by atoms with van der Waals surface area (Å²) in [5.74, 6) is 0.211. The smallest absolute Gasteiger partial charge is 0.117 e. The van der Waals surface area contributed by atoms with Crippen LogP contribution in [-0.4, -0.2) is 17.7 Å². The number of nitrogens with one attached hydrogen (secondary N) is 1. The molecule has 2 nitrogen and oxygen atoms in total. The largest absolute Gasteiger partial charge is 0.380 e. The fraction of sp³-hybridized carbons (Fsp3) is 0.357. The van der Waals surface area contributed by atoms with Gasteiger partial charge in [-0.2, -0.15) is 0 Å². The highest BCUT2D eigenvalue weighted by Gasteiger charge is 2.42. The SMILES string of the molecule is OC(c1ccccc1)(c1ccccc1)C1CCCC(NCCCc2ccccc2)C1. The number of benzene rings is 3. The minimum atomic E-state index is -0.938. The zero-order valence-corrected chi connectivity index (χ0v) is 17.7. The van der Waals surface area contributed by atoms with Gasteiger partial charge in [-0.3, -0.25) is 0 Å². The Hall–Kier alpha value is -2.42. The van der Waals surface area contributed by atoms with Gasteiger partial charge < -0.3 is 10.4 Å². The summed E-state index contributed by atoms with van der Waals surface area (Å²) in [6.45, 7) is 1.03. The number of rotatable bonds is 8. The Morgan fingerprint density at radius 1 is 0.767 bits per heavy atom. The summed E-state index contributed by atoms with van der Waals surface area (Å²) in [7, 11) is 0. The topological polar surface area (TPSA) is 32.3 Å². The van der Waals surface area contributed by atoms with Crippen molar-refractivity contribution in [1.82, 2.24) is 5.32 Å². The molecule has 4 rings (SSSR count). The Balaban J connectivity index is 1.43. The van der Waals surface area contributed by atoms with Crippen LogP contribution < -0.4 is 5.32 Å². The monoisotopic (exact) mass is 399 g/mol. The van der Waals surface area contributed by atoms with Crippen molar-refractivity contribution in [3.05, 3.63) is 108 Å². The molecule has 0 aromatic heterocycles. The minimum absolute atomic E-state index is 0.211. The molecule has 0 aliphatic heterocycles. The molecule has 0 radical (unpaired) electrons. The molecule has 1 fully saturated rings. The van der Waals surface area contributed by atoms with Crippen LogP contribution >= 0.6 is 0 Å². The van der Waals surface area contributed by atoms with E-state index >= 15 is 0 Å². The highest BCUT2D eigenvalue weighted by atomic mass is 16.3. The molecule has 2 unspecified atom stereocenters. The lowest BCUT2D eigenvalue weighted by atomic mass is 9.69. The minimum Gasteiger partial charge on any atom is -0.380 e. The molecule has 156 valence electrons. The van der Waals surface area contributed by atoms with Crippen LogP contribution in [0.15, 0.2) is 91.0 Å². The number of aryl methyl sites for hydroxylation is 1. The Labute approximate surface area is 181 Å². The van der Waals surface area contributed by atoms with Gasteiger partial charge in [0, 0.05) is 6.04 Å². The van der Waals surface area contributed by atoms with Crippen LogP contribution in [0, 0.1) is 5.92 Å². The molecule has 1 saturated carbocycles. The van der Waals surface area contributed by atoms with E-state index < -0.39 is 5.60 Å². The Morgan fingerprint density at radius 3 is 1.93 bits per heavy atom. The molecule has 3 aromatic carbocycles. The van der Waals surface area contributed by atoms with Crippen molar-refractivity contribution in [3.63, 3.8) is 0 Å². The number of hydrogen-bond acceptors (Lipinski definition) is 2. The molecule has 1 aliphatic rings. The van der Waals surface area contributed by atoms with Gasteiger partial charge >= 0.3 is 0 Å². The van der Waals surface area contributed by atoms with Crippen LogP contribution in [0.2, 0.25) is 0 Å². The molecule has 2 N–H and O–H groups in total. The van der Waals surface area contributed by atoms with Crippen molar-refractivity contribution in [1.29, 1.82) is 0 Å². The zero-order chi connectivity index (χ0) is 20.7. The second-order valence-corrected chi connectivity index (χ2v) is 8.60. The van der Waals surface area contributed by atoms with E-state index in [0.29, 0.717) is 6.04 Å². The lowest BCUT2D eigenvalue weighted by Crippen LogP contribution is -2.44. The molecular formula is C28H33NO. The molecule has 30 heavy (non-hydrogen) atoms. The lowest BCUT2D eigenvalue weighted by molar-refractivity contribution is -0.00657. The van der Waals surface area contributed by atoms with Crippen molar-refractivity contribution in [2.24, 2.45) is 5.92 Å². The third kappa shape index (κ3) is 4.83. The summed E-state index contributed by atoms with van der Waals surface area (Å²) < 4.78 is 0. The van der Waals surface area contributed by atoms with Gasteiger partial charge in [-0.05, 0) is 61.3 Å². The average molecular weight is 400 g/mol. The van der Waals surface area contributed by atoms with E-state index in [4.69, 9.17) is 0 Å². The highest BCUT2D eigenvalue weighted by molar-refractivity contribution is 5.37. The fourth-order valence-electron chi connectivity index (χ4n) is 5.02. The van der Waals surface area contributed by atoms with Gasteiger partial charge in [0.2, 0.25) is 0 Å². The summed E-state index contributed by atoms with van der Waals surface area (Å²) >= 11 is 0. The average Bonchev–Trinajstić information content (AvgIpc) is 2.83. The van der Waals surface area contributed by atoms with Crippen LogP contribution in [-0.2, 0) is 12.0 Å². The molecule has 2 heteroatoms. The standard InChI is InChI=1S/C28H33NO/c30-28(24-15-6-2-7-16-24,25-17-8-3-9-18-25)26-19-10-20-27(22-26)29-21-11-14-23-12-4-1-5-13-23/h1-9,12-13,15-18,26-27,29-30H,10-11,14,19-22H2. The molecule has 0 heterocycles. The quantitative estimate of drug-likeness (QED) is 0.476. The van der Waals surface area contributed by atoms with E-state index in [1.165, 1.54) is 12.0 Å². The fourth-order valence-corrected chi connectivity index (χ4v) is 5.02. The van der Waals surface area contributed by atoms with E-state index in [2.05, 4.69) is 59.9 Å². The van der Waals surface area contributed by atoms with Gasteiger partial charge in [0.25, 0.3) is 0 Å². The number of hydrogen-bond donors (Lipinski definition) is 2. The molecule has 1 aliphatic carbocycles. The third-order valence-corrected chi connectivity index (χ3v) is 6.61. The normalized spacial score (nSPS) is 19.5. The maximum Gasteiger partial charge on any atom is 0.117 e. The molecule has 0 amide bonds. The maximum absolute atomic E-state index is 12.1. The summed E-state index contributed by atoms with van der Waals surface area (Å²) in [5, 5.41) is 15.9. The molecule has 0 bridgehead atoms. The Morgan fingerprint density at radius 2 is 1.33 bits per heavy atom. The summed E-state index contributed by atoms with van der Waals surface area (Å²) in [4.78, 5) is 0. The van der Waals surface area contributed by atoms with Gasteiger partial charge in [-0.15, -0.1) is 0 Å². The Kier molecular flexibility index (Phi) is 6.99. The highest BCUT2D eigenvalue weighted by Crippen LogP contribution is 2.43. The number of aliphatic hydroxyl groups is 1. The predicted molar refractivity (Wildman–Crippen MR) is 124 cm³/mol. The van der Waals surface area contributed by atoms with Crippen LogP contribution in [0.4, 0.5) is 0 Å². The molecule has 0 spiro atoms. The maximum atomic E-state index is 12.1. The van der Waals surface area contributed by atoms with Crippen molar-refractivity contribution in [2.45, 2.75) is 50.2 Å². The first-order valence-electron chi connectivity index (χ1n) is 11.4. The van der Waals surface area contributed by atoms with Gasteiger partial charge in [0.05, 0.1) is 0 Å². The molecule has 0 saturated heterocycles. The van der Waals surface area contributed by atoms with Crippen LogP contribution in [0.25, 0.3) is 0 Å². The van der Waals surface area contributed by atoms with Gasteiger partial charge in [0.1, 0.15) is 5.60 Å². The second-order valence-electron chi connectivity index (χ2n) is 8.60. The van der Waals surface area contributed by atoms with Crippen molar-refractivity contribution >= 4 is 0 Å². The van der Waals surface area contributed by atoms with E-state index in [1.54, 1.807) is 0 Å². The van der Waals surface area contributed by atoms with E-state index in [1.807, 2.05) is 36.4 Å². The first-order valence-corrected chi connectivity index (χ1v) is 11.4. The van der Waals surface area contributed by atoms with Gasteiger partial charge in [-0.25, -0.2) is 0 Å². The van der Waals surface area contributed by atoms with Gasteiger partial charge in [0.15, 0.2) is 0 Å². The predicted octanol–water partition coefficient (Wildman–Crippen LogP) is 5.70. The van der Waals surface area contributed by atoms with Crippen molar-refractivity contribution < 1.29 is 5.11 Å². The molecular weight excluding hydrogens is 366 g/mol. The van der Waals surface area contributed by atoms with E-state index in [0.717, 1.165) is 49.8 Å².